The molecule has 1 saturated carbocycles. The van der Waals surface area contributed by atoms with Crippen LogP contribution in [0.15, 0.2) is 42.5 Å². The standard InChI is InChI=1S/C27H34N2O4/c1-18-5-9-20(10-6-18)16-29-25(30)17-28(22-12-7-19(2)8-13-22)27(31)26(29)21-11-14-23(32-3)24(15-21)33-4/h5-6,9-11,14-15,19,22,26H,7-8,12-13,16-17H2,1-4H3/t19?,22?,26-/m1/s1. The molecule has 0 aromatic heterocycles. The van der Waals surface area contributed by atoms with Gasteiger partial charge >= 0.3 is 0 Å². The number of hydrogen-bond donors (Lipinski definition) is 0. The van der Waals surface area contributed by atoms with Crippen molar-refractivity contribution >= 4 is 11.8 Å². The molecule has 2 fully saturated rings. The molecule has 0 radical (unpaired) electrons. The van der Waals surface area contributed by atoms with Crippen molar-refractivity contribution in [1.82, 2.24) is 9.80 Å². The summed E-state index contributed by atoms with van der Waals surface area (Å²) in [5.74, 6) is 1.80. The predicted octanol–water partition coefficient (Wildman–Crippen LogP) is 4.50. The van der Waals surface area contributed by atoms with Crippen LogP contribution in [0.25, 0.3) is 0 Å². The molecule has 1 aliphatic heterocycles. The summed E-state index contributed by atoms with van der Waals surface area (Å²) in [6.45, 7) is 4.83. The first-order chi connectivity index (χ1) is 15.9. The molecular formula is C27H34N2O4. The van der Waals surface area contributed by atoms with Crippen molar-refractivity contribution in [3.63, 3.8) is 0 Å². The maximum absolute atomic E-state index is 13.9. The lowest BCUT2D eigenvalue weighted by Crippen LogP contribution is -2.58. The minimum atomic E-state index is -0.688. The maximum Gasteiger partial charge on any atom is 0.250 e. The number of rotatable bonds is 6. The van der Waals surface area contributed by atoms with E-state index < -0.39 is 6.04 Å². The van der Waals surface area contributed by atoms with Crippen LogP contribution in [0.5, 0.6) is 11.5 Å². The van der Waals surface area contributed by atoms with E-state index in [4.69, 9.17) is 9.47 Å². The fourth-order valence-electron chi connectivity index (χ4n) is 5.03. The quantitative estimate of drug-likeness (QED) is 0.650. The third kappa shape index (κ3) is 4.85. The molecule has 0 N–H and O–H groups in total. The molecule has 1 atom stereocenters. The van der Waals surface area contributed by atoms with Crippen molar-refractivity contribution < 1.29 is 19.1 Å². The Kier molecular flexibility index (Phi) is 6.91. The molecule has 33 heavy (non-hydrogen) atoms. The first kappa shape index (κ1) is 23.1. The molecule has 1 heterocycles. The topological polar surface area (TPSA) is 59.1 Å². The van der Waals surface area contributed by atoms with Crippen LogP contribution in [-0.2, 0) is 16.1 Å². The second-order valence-corrected chi connectivity index (χ2v) is 9.40. The molecule has 6 heteroatoms. The first-order valence-corrected chi connectivity index (χ1v) is 11.8. The molecule has 2 amide bonds. The Balaban J connectivity index is 1.70. The largest absolute Gasteiger partial charge is 0.493 e. The van der Waals surface area contributed by atoms with Crippen LogP contribution >= 0.6 is 0 Å². The van der Waals surface area contributed by atoms with Gasteiger partial charge in [-0.1, -0.05) is 42.8 Å². The van der Waals surface area contributed by atoms with E-state index in [2.05, 4.69) is 6.92 Å². The SMILES string of the molecule is COc1ccc([C@@H]2C(=O)N(C3CCC(C)CC3)CC(=O)N2Cc2ccc(C)cc2)cc1OC. The van der Waals surface area contributed by atoms with Crippen LogP contribution in [0, 0.1) is 12.8 Å². The van der Waals surface area contributed by atoms with Gasteiger partial charge in [0.1, 0.15) is 12.6 Å². The number of benzene rings is 2. The molecule has 2 aromatic rings. The highest BCUT2D eigenvalue weighted by molar-refractivity contribution is 5.96. The van der Waals surface area contributed by atoms with Crippen LogP contribution < -0.4 is 9.47 Å². The molecule has 0 unspecified atom stereocenters. The fraction of sp³-hybridized carbons (Fsp3) is 0.481. The number of carbonyl (C=O) groups excluding carboxylic acids is 2. The number of methoxy groups -OCH3 is 2. The van der Waals surface area contributed by atoms with Gasteiger partial charge in [0.15, 0.2) is 11.5 Å². The number of nitrogens with zero attached hydrogens (tertiary/aromatic N) is 2. The Labute approximate surface area is 196 Å². The van der Waals surface area contributed by atoms with Crippen LogP contribution in [0.2, 0.25) is 0 Å². The highest BCUT2D eigenvalue weighted by Crippen LogP contribution is 2.37. The average molecular weight is 451 g/mol. The molecule has 6 nitrogen and oxygen atoms in total. The summed E-state index contributed by atoms with van der Waals surface area (Å²) >= 11 is 0. The summed E-state index contributed by atoms with van der Waals surface area (Å²) < 4.78 is 10.9. The van der Waals surface area contributed by atoms with Gasteiger partial charge in [-0.2, -0.15) is 0 Å². The van der Waals surface area contributed by atoms with Crippen LogP contribution in [0.4, 0.5) is 0 Å². The third-order valence-electron chi connectivity index (χ3n) is 7.08. The van der Waals surface area contributed by atoms with Crippen molar-refractivity contribution in [3.05, 3.63) is 59.2 Å². The summed E-state index contributed by atoms with van der Waals surface area (Å²) in [5, 5.41) is 0. The average Bonchev–Trinajstić information content (AvgIpc) is 2.83. The number of ether oxygens (including phenoxy) is 2. The van der Waals surface area contributed by atoms with Crippen molar-refractivity contribution in [2.75, 3.05) is 20.8 Å². The van der Waals surface area contributed by atoms with Gasteiger partial charge in [-0.25, -0.2) is 0 Å². The molecule has 1 aliphatic carbocycles. The summed E-state index contributed by atoms with van der Waals surface area (Å²) in [6, 6.07) is 13.0. The number of hydrogen-bond acceptors (Lipinski definition) is 4. The summed E-state index contributed by atoms with van der Waals surface area (Å²) in [6.07, 6.45) is 4.10. The van der Waals surface area contributed by atoms with Gasteiger partial charge in [0.25, 0.3) is 5.91 Å². The lowest BCUT2D eigenvalue weighted by atomic mass is 9.85. The van der Waals surface area contributed by atoms with Gasteiger partial charge in [-0.15, -0.1) is 0 Å². The Morgan fingerprint density at radius 2 is 1.58 bits per heavy atom. The lowest BCUT2D eigenvalue weighted by molar-refractivity contribution is -0.160. The monoisotopic (exact) mass is 450 g/mol. The van der Waals surface area contributed by atoms with Gasteiger partial charge < -0.3 is 19.3 Å². The number of piperazine rings is 1. The van der Waals surface area contributed by atoms with Gasteiger partial charge in [0, 0.05) is 12.6 Å². The highest BCUT2D eigenvalue weighted by atomic mass is 16.5. The van der Waals surface area contributed by atoms with Gasteiger partial charge in [-0.3, -0.25) is 9.59 Å². The van der Waals surface area contributed by atoms with Crippen molar-refractivity contribution in [1.29, 1.82) is 0 Å². The molecule has 4 rings (SSSR count). The summed E-state index contributed by atoms with van der Waals surface area (Å²) in [5.41, 5.74) is 2.91. The molecule has 2 aromatic carbocycles. The highest BCUT2D eigenvalue weighted by Gasteiger charge is 2.43. The van der Waals surface area contributed by atoms with Crippen LogP contribution in [-0.4, -0.2) is 48.4 Å². The van der Waals surface area contributed by atoms with E-state index in [0.29, 0.717) is 24.0 Å². The molecule has 2 aliphatic rings. The molecule has 0 bridgehead atoms. The third-order valence-corrected chi connectivity index (χ3v) is 7.08. The van der Waals surface area contributed by atoms with E-state index >= 15 is 0 Å². The molecule has 1 saturated heterocycles. The minimum Gasteiger partial charge on any atom is -0.493 e. The normalized spacial score (nSPS) is 23.6. The second-order valence-electron chi connectivity index (χ2n) is 9.40. The number of amides is 2. The smallest absolute Gasteiger partial charge is 0.250 e. The van der Waals surface area contributed by atoms with Gasteiger partial charge in [0.05, 0.1) is 14.2 Å². The van der Waals surface area contributed by atoms with E-state index in [1.165, 1.54) is 0 Å². The summed E-state index contributed by atoms with van der Waals surface area (Å²) in [7, 11) is 3.16. The Morgan fingerprint density at radius 3 is 2.21 bits per heavy atom. The molecular weight excluding hydrogens is 416 g/mol. The second kappa shape index (κ2) is 9.86. The Hall–Kier alpha value is -3.02. The minimum absolute atomic E-state index is 0.00603. The van der Waals surface area contributed by atoms with Crippen LogP contribution in [0.3, 0.4) is 0 Å². The zero-order valence-corrected chi connectivity index (χ0v) is 20.0. The van der Waals surface area contributed by atoms with E-state index in [-0.39, 0.29) is 24.4 Å². The van der Waals surface area contributed by atoms with Crippen molar-refractivity contribution in [3.8, 4) is 11.5 Å². The van der Waals surface area contributed by atoms with Crippen molar-refractivity contribution in [2.45, 2.75) is 58.2 Å². The predicted molar refractivity (Wildman–Crippen MR) is 127 cm³/mol. The summed E-state index contributed by atoms with van der Waals surface area (Å²) in [4.78, 5) is 30.9. The van der Waals surface area contributed by atoms with E-state index in [0.717, 1.165) is 42.4 Å². The fourth-order valence-corrected chi connectivity index (χ4v) is 5.03. The molecule has 0 spiro atoms. The Bertz CT molecular complexity index is 996. The van der Waals surface area contributed by atoms with E-state index in [1.54, 1.807) is 25.2 Å². The van der Waals surface area contributed by atoms with Gasteiger partial charge in [-0.05, 0) is 61.8 Å². The van der Waals surface area contributed by atoms with E-state index in [9.17, 15) is 9.59 Å². The van der Waals surface area contributed by atoms with Gasteiger partial charge in [0.2, 0.25) is 5.91 Å². The first-order valence-electron chi connectivity index (χ1n) is 11.8. The number of carbonyl (C=O) groups is 2. The number of aryl methyl sites for hydroxylation is 1. The van der Waals surface area contributed by atoms with E-state index in [1.807, 2.05) is 48.2 Å². The maximum atomic E-state index is 13.9. The zero-order valence-electron chi connectivity index (χ0n) is 20.0. The zero-order chi connectivity index (χ0) is 23.5. The van der Waals surface area contributed by atoms with Crippen LogP contribution in [0.1, 0.15) is 55.3 Å². The Morgan fingerprint density at radius 1 is 0.909 bits per heavy atom. The lowest BCUT2D eigenvalue weighted by Gasteiger charge is -2.45. The molecule has 176 valence electrons. The van der Waals surface area contributed by atoms with Crippen molar-refractivity contribution in [2.24, 2.45) is 5.92 Å².